The Labute approximate surface area is 151 Å². The van der Waals surface area contributed by atoms with E-state index in [4.69, 9.17) is 0 Å². The molecule has 1 fully saturated rings. The zero-order valence-electron chi connectivity index (χ0n) is 16.1. The zero-order chi connectivity index (χ0) is 18.2. The van der Waals surface area contributed by atoms with Crippen molar-refractivity contribution in [3.63, 3.8) is 0 Å². The molecule has 2 N–H and O–H groups in total. The number of amides is 1. The Hall–Kier alpha value is -2.04. The molecule has 1 aromatic rings. The minimum atomic E-state index is 0.0156. The highest BCUT2D eigenvalue weighted by Gasteiger charge is 2.16. The highest BCUT2D eigenvalue weighted by Crippen LogP contribution is 2.17. The number of hydrogen-bond acceptors (Lipinski definition) is 2. The normalized spacial score (nSPS) is 15.3. The van der Waals surface area contributed by atoms with Crippen molar-refractivity contribution < 1.29 is 4.79 Å². The van der Waals surface area contributed by atoms with Crippen molar-refractivity contribution in [3.8, 4) is 0 Å². The van der Waals surface area contributed by atoms with Gasteiger partial charge < -0.3 is 15.5 Å². The number of carbonyl (C=O) groups is 1. The molecule has 1 aliphatic carbocycles. The van der Waals surface area contributed by atoms with Crippen LogP contribution in [0.3, 0.4) is 0 Å². The van der Waals surface area contributed by atoms with Crippen LogP contribution in [-0.2, 0) is 11.2 Å². The summed E-state index contributed by atoms with van der Waals surface area (Å²) in [6, 6.07) is 7.12. The Bertz CT molecular complexity index is 583. The summed E-state index contributed by atoms with van der Waals surface area (Å²) in [5.74, 6) is 0.772. The van der Waals surface area contributed by atoms with E-state index in [2.05, 4.69) is 47.7 Å². The Balaban J connectivity index is 1.92. The molecule has 0 aliphatic heterocycles. The van der Waals surface area contributed by atoms with E-state index in [0.717, 1.165) is 18.9 Å². The standard InChI is InChI=1S/C20H32N4O/c1-15-11-16(2)13-17(12-15)9-10-21-20(22-14-19(25)24(3)4)23-18-7-5-6-8-18/h11-13,18H,5-10,14H2,1-4H3,(H2,21,22,23). The van der Waals surface area contributed by atoms with Crippen LogP contribution in [0.1, 0.15) is 42.4 Å². The van der Waals surface area contributed by atoms with Gasteiger partial charge in [-0.2, -0.15) is 0 Å². The van der Waals surface area contributed by atoms with E-state index in [1.807, 2.05) is 0 Å². The second kappa shape index (κ2) is 9.44. The zero-order valence-corrected chi connectivity index (χ0v) is 16.1. The molecule has 0 heterocycles. The molecule has 5 nitrogen and oxygen atoms in total. The Morgan fingerprint density at radius 3 is 2.40 bits per heavy atom. The lowest BCUT2D eigenvalue weighted by Crippen LogP contribution is -2.43. The summed E-state index contributed by atoms with van der Waals surface area (Å²) in [4.78, 5) is 17.9. The molecule has 0 unspecified atom stereocenters. The first kappa shape index (κ1) is 19.3. The highest BCUT2D eigenvalue weighted by atomic mass is 16.2. The lowest BCUT2D eigenvalue weighted by molar-refractivity contribution is -0.127. The molecular formula is C20H32N4O. The summed E-state index contributed by atoms with van der Waals surface area (Å²) in [5.41, 5.74) is 3.92. The summed E-state index contributed by atoms with van der Waals surface area (Å²) in [6.45, 7) is 5.24. The Morgan fingerprint density at radius 1 is 1.16 bits per heavy atom. The van der Waals surface area contributed by atoms with E-state index in [1.165, 1.54) is 42.4 Å². The van der Waals surface area contributed by atoms with Crippen molar-refractivity contribution in [2.24, 2.45) is 4.99 Å². The van der Waals surface area contributed by atoms with Crippen LogP contribution >= 0.6 is 0 Å². The molecule has 0 aromatic heterocycles. The fourth-order valence-electron chi connectivity index (χ4n) is 3.24. The highest BCUT2D eigenvalue weighted by molar-refractivity contribution is 5.84. The molecule has 0 bridgehead atoms. The molecule has 0 saturated heterocycles. The molecule has 2 rings (SSSR count). The first-order chi connectivity index (χ1) is 11.9. The van der Waals surface area contributed by atoms with Gasteiger partial charge in [-0.05, 0) is 38.7 Å². The molecule has 1 amide bonds. The molecular weight excluding hydrogens is 312 g/mol. The average molecular weight is 345 g/mol. The number of hydrogen-bond donors (Lipinski definition) is 2. The molecule has 1 aromatic carbocycles. The molecule has 1 saturated carbocycles. The number of nitrogens with one attached hydrogen (secondary N) is 2. The summed E-state index contributed by atoms with van der Waals surface area (Å²) < 4.78 is 0. The second-order valence-electron chi connectivity index (χ2n) is 7.25. The first-order valence-corrected chi connectivity index (χ1v) is 9.26. The molecule has 1 aliphatic rings. The minimum absolute atomic E-state index is 0.0156. The molecule has 0 spiro atoms. The summed E-state index contributed by atoms with van der Waals surface area (Å²) in [6.07, 6.45) is 5.84. The van der Waals surface area contributed by atoms with E-state index in [0.29, 0.717) is 6.04 Å². The molecule has 5 heteroatoms. The quantitative estimate of drug-likeness (QED) is 0.615. The van der Waals surface area contributed by atoms with Gasteiger partial charge in [0, 0.05) is 26.7 Å². The number of guanidine groups is 1. The third-order valence-corrected chi connectivity index (χ3v) is 4.55. The number of likely N-dealkylation sites (N-methyl/N-ethyl adjacent to an activating group) is 1. The van der Waals surface area contributed by atoms with Gasteiger partial charge >= 0.3 is 0 Å². The van der Waals surface area contributed by atoms with Crippen molar-refractivity contribution in [2.45, 2.75) is 52.0 Å². The molecule has 25 heavy (non-hydrogen) atoms. The maximum absolute atomic E-state index is 11.8. The lowest BCUT2D eigenvalue weighted by Gasteiger charge is -2.18. The third kappa shape index (κ3) is 6.77. The number of aryl methyl sites for hydroxylation is 2. The van der Waals surface area contributed by atoms with Crippen molar-refractivity contribution in [2.75, 3.05) is 27.2 Å². The van der Waals surface area contributed by atoms with Gasteiger partial charge in [0.05, 0.1) is 0 Å². The SMILES string of the molecule is Cc1cc(C)cc(CCNC(=NCC(=O)N(C)C)NC2CCCC2)c1. The van der Waals surface area contributed by atoms with E-state index in [1.54, 1.807) is 19.0 Å². The van der Waals surface area contributed by atoms with Crippen LogP contribution in [0.4, 0.5) is 0 Å². The molecule has 0 atom stereocenters. The van der Waals surface area contributed by atoms with Crippen molar-refractivity contribution in [1.29, 1.82) is 0 Å². The number of rotatable bonds is 6. The van der Waals surface area contributed by atoms with Crippen LogP contribution in [0.5, 0.6) is 0 Å². The fraction of sp³-hybridized carbons (Fsp3) is 0.600. The van der Waals surface area contributed by atoms with E-state index in [9.17, 15) is 4.79 Å². The topological polar surface area (TPSA) is 56.7 Å². The minimum Gasteiger partial charge on any atom is -0.356 e. The maximum atomic E-state index is 11.8. The van der Waals surface area contributed by atoms with Crippen LogP contribution in [0.2, 0.25) is 0 Å². The second-order valence-corrected chi connectivity index (χ2v) is 7.25. The van der Waals surface area contributed by atoms with Gasteiger partial charge in [-0.15, -0.1) is 0 Å². The smallest absolute Gasteiger partial charge is 0.243 e. The molecule has 138 valence electrons. The predicted octanol–water partition coefficient (Wildman–Crippen LogP) is 2.41. The van der Waals surface area contributed by atoms with Gasteiger partial charge in [0.15, 0.2) is 5.96 Å². The number of aliphatic imine (C=N–C) groups is 1. The monoisotopic (exact) mass is 344 g/mol. The van der Waals surface area contributed by atoms with Gasteiger partial charge in [-0.1, -0.05) is 42.2 Å². The maximum Gasteiger partial charge on any atom is 0.243 e. The van der Waals surface area contributed by atoms with Crippen LogP contribution < -0.4 is 10.6 Å². The van der Waals surface area contributed by atoms with E-state index < -0.39 is 0 Å². The van der Waals surface area contributed by atoms with Gasteiger partial charge in [-0.25, -0.2) is 4.99 Å². The summed E-state index contributed by atoms with van der Waals surface area (Å²) in [5, 5.41) is 6.88. The van der Waals surface area contributed by atoms with E-state index in [-0.39, 0.29) is 12.5 Å². The average Bonchev–Trinajstić information content (AvgIpc) is 3.04. The van der Waals surface area contributed by atoms with Crippen LogP contribution in [0.15, 0.2) is 23.2 Å². The largest absolute Gasteiger partial charge is 0.356 e. The van der Waals surface area contributed by atoms with Crippen LogP contribution in [0.25, 0.3) is 0 Å². The van der Waals surface area contributed by atoms with Gasteiger partial charge in [0.25, 0.3) is 0 Å². The van der Waals surface area contributed by atoms with Crippen molar-refractivity contribution in [3.05, 3.63) is 34.9 Å². The number of carbonyl (C=O) groups excluding carboxylic acids is 1. The molecule has 0 radical (unpaired) electrons. The number of benzene rings is 1. The van der Waals surface area contributed by atoms with Crippen molar-refractivity contribution >= 4 is 11.9 Å². The van der Waals surface area contributed by atoms with Crippen LogP contribution in [0, 0.1) is 13.8 Å². The fourth-order valence-corrected chi connectivity index (χ4v) is 3.24. The lowest BCUT2D eigenvalue weighted by atomic mass is 10.1. The number of nitrogens with zero attached hydrogens (tertiary/aromatic N) is 2. The summed E-state index contributed by atoms with van der Waals surface area (Å²) in [7, 11) is 3.52. The van der Waals surface area contributed by atoms with Crippen molar-refractivity contribution in [1.82, 2.24) is 15.5 Å². The van der Waals surface area contributed by atoms with Crippen LogP contribution in [-0.4, -0.2) is 50.0 Å². The van der Waals surface area contributed by atoms with Gasteiger partial charge in [-0.3, -0.25) is 4.79 Å². The van der Waals surface area contributed by atoms with E-state index >= 15 is 0 Å². The summed E-state index contributed by atoms with van der Waals surface area (Å²) >= 11 is 0. The first-order valence-electron chi connectivity index (χ1n) is 9.26. The third-order valence-electron chi connectivity index (χ3n) is 4.55. The Kier molecular flexibility index (Phi) is 7.29. The van der Waals surface area contributed by atoms with Gasteiger partial charge in [0.1, 0.15) is 6.54 Å². The predicted molar refractivity (Wildman–Crippen MR) is 104 cm³/mol. The Morgan fingerprint density at radius 2 is 1.80 bits per heavy atom. The van der Waals surface area contributed by atoms with Gasteiger partial charge in [0.2, 0.25) is 5.91 Å².